The molecule has 3 aromatic carbocycles. The van der Waals surface area contributed by atoms with Crippen molar-refractivity contribution in [3.8, 4) is 5.75 Å². The van der Waals surface area contributed by atoms with Gasteiger partial charge in [0.15, 0.2) is 12.4 Å². The summed E-state index contributed by atoms with van der Waals surface area (Å²) >= 11 is 12.0. The van der Waals surface area contributed by atoms with Crippen molar-refractivity contribution in [2.45, 2.75) is 0 Å². The average molecular weight is 418 g/mol. The van der Waals surface area contributed by atoms with Gasteiger partial charge in [0, 0.05) is 11.1 Å². The maximum absolute atomic E-state index is 13.0. The Hall–Kier alpha value is -2.89. The van der Waals surface area contributed by atoms with Gasteiger partial charge < -0.3 is 10.1 Å². The molecule has 0 unspecified atom stereocenters. The van der Waals surface area contributed by atoms with Crippen LogP contribution in [-0.4, -0.2) is 18.3 Å². The molecule has 0 bridgehead atoms. The summed E-state index contributed by atoms with van der Waals surface area (Å²) < 4.78 is 18.4. The Morgan fingerprint density at radius 2 is 1.39 bits per heavy atom. The number of hydrogen-bond donors (Lipinski definition) is 1. The fraction of sp³-hybridized carbons (Fsp3) is 0.0476. The minimum atomic E-state index is -0.429. The number of carbonyl (C=O) groups is 2. The molecule has 1 amide bonds. The predicted octanol–water partition coefficient (Wildman–Crippen LogP) is 5.38. The molecule has 1 N–H and O–H groups in total. The number of ketones is 1. The Bertz CT molecular complexity index is 985. The topological polar surface area (TPSA) is 55.4 Å². The van der Waals surface area contributed by atoms with Gasteiger partial charge in [-0.2, -0.15) is 0 Å². The second kappa shape index (κ2) is 8.87. The number of ether oxygens (including phenoxy) is 1. The monoisotopic (exact) mass is 417 g/mol. The van der Waals surface area contributed by atoms with Crippen LogP contribution in [0.1, 0.15) is 15.9 Å². The van der Waals surface area contributed by atoms with Crippen LogP contribution in [0.2, 0.25) is 10.0 Å². The molecular weight excluding hydrogens is 404 g/mol. The number of rotatable bonds is 6. The third kappa shape index (κ3) is 4.88. The minimum Gasteiger partial charge on any atom is -0.484 e. The second-order valence-electron chi connectivity index (χ2n) is 5.79. The zero-order valence-electron chi connectivity index (χ0n) is 14.4. The van der Waals surface area contributed by atoms with E-state index in [0.717, 1.165) is 0 Å². The molecule has 0 saturated heterocycles. The molecule has 0 spiro atoms. The molecule has 0 aromatic heterocycles. The highest BCUT2D eigenvalue weighted by Gasteiger charge is 2.12. The number of anilines is 1. The van der Waals surface area contributed by atoms with E-state index >= 15 is 0 Å². The van der Waals surface area contributed by atoms with E-state index in [0.29, 0.717) is 32.6 Å². The molecule has 142 valence electrons. The molecule has 0 atom stereocenters. The third-order valence-electron chi connectivity index (χ3n) is 3.82. The van der Waals surface area contributed by atoms with Gasteiger partial charge in [-0.25, -0.2) is 4.39 Å². The molecule has 7 heteroatoms. The van der Waals surface area contributed by atoms with Gasteiger partial charge in [0.25, 0.3) is 5.91 Å². The summed E-state index contributed by atoms with van der Waals surface area (Å²) in [4.78, 5) is 24.4. The summed E-state index contributed by atoms with van der Waals surface area (Å²) in [7, 11) is 0. The van der Waals surface area contributed by atoms with E-state index in [4.69, 9.17) is 27.9 Å². The maximum atomic E-state index is 13.0. The van der Waals surface area contributed by atoms with Crippen LogP contribution in [0.3, 0.4) is 0 Å². The van der Waals surface area contributed by atoms with E-state index in [1.54, 1.807) is 42.5 Å². The van der Waals surface area contributed by atoms with Crippen molar-refractivity contribution in [1.82, 2.24) is 0 Å². The predicted molar refractivity (Wildman–Crippen MR) is 107 cm³/mol. The van der Waals surface area contributed by atoms with Gasteiger partial charge in [0.05, 0.1) is 15.7 Å². The first kappa shape index (κ1) is 19.9. The van der Waals surface area contributed by atoms with Crippen LogP contribution in [0.4, 0.5) is 10.1 Å². The van der Waals surface area contributed by atoms with Crippen LogP contribution in [0.5, 0.6) is 5.75 Å². The van der Waals surface area contributed by atoms with Crippen LogP contribution in [0.15, 0.2) is 66.7 Å². The fourth-order valence-electron chi connectivity index (χ4n) is 2.41. The van der Waals surface area contributed by atoms with E-state index in [2.05, 4.69) is 5.32 Å². The van der Waals surface area contributed by atoms with Crippen molar-refractivity contribution < 1.29 is 18.7 Å². The summed E-state index contributed by atoms with van der Waals surface area (Å²) in [6, 6.07) is 16.5. The number of nitrogens with one attached hydrogen (secondary N) is 1. The van der Waals surface area contributed by atoms with Crippen LogP contribution in [-0.2, 0) is 4.79 Å². The van der Waals surface area contributed by atoms with Crippen LogP contribution in [0, 0.1) is 5.82 Å². The van der Waals surface area contributed by atoms with Crippen molar-refractivity contribution in [2.24, 2.45) is 0 Å². The van der Waals surface area contributed by atoms with Gasteiger partial charge in [-0.3, -0.25) is 9.59 Å². The standard InChI is InChI=1S/C21H14Cl2FNO3/c22-17-2-1-3-18(23)20(17)25-19(26)12-28-16-10-6-14(7-11-16)21(27)13-4-8-15(24)9-5-13/h1-11H,12H2,(H,25,26). The molecule has 0 aliphatic rings. The van der Waals surface area contributed by atoms with Crippen molar-refractivity contribution in [3.63, 3.8) is 0 Å². The molecule has 0 saturated carbocycles. The lowest BCUT2D eigenvalue weighted by Crippen LogP contribution is -2.20. The SMILES string of the molecule is O=C(COc1ccc(C(=O)c2ccc(F)cc2)cc1)Nc1c(Cl)cccc1Cl. The lowest BCUT2D eigenvalue weighted by molar-refractivity contribution is -0.118. The molecular formula is C21H14Cl2FNO3. The van der Waals surface area contributed by atoms with Gasteiger partial charge >= 0.3 is 0 Å². The quantitative estimate of drug-likeness (QED) is 0.547. The normalized spacial score (nSPS) is 10.4. The first-order valence-corrected chi connectivity index (χ1v) is 8.96. The minimum absolute atomic E-state index is 0.238. The number of para-hydroxylation sites is 1. The van der Waals surface area contributed by atoms with Gasteiger partial charge in [0.1, 0.15) is 11.6 Å². The number of hydrogen-bond acceptors (Lipinski definition) is 3. The summed E-state index contributed by atoms with van der Waals surface area (Å²) in [6.45, 7) is -0.257. The smallest absolute Gasteiger partial charge is 0.262 e. The summed E-state index contributed by atoms with van der Waals surface area (Å²) in [6.07, 6.45) is 0. The zero-order chi connectivity index (χ0) is 20.1. The molecule has 3 rings (SSSR count). The zero-order valence-corrected chi connectivity index (χ0v) is 15.9. The summed E-state index contributed by atoms with van der Waals surface area (Å²) in [5.41, 5.74) is 1.12. The Morgan fingerprint density at radius 3 is 1.96 bits per heavy atom. The first-order valence-electron chi connectivity index (χ1n) is 8.21. The van der Waals surface area contributed by atoms with E-state index in [9.17, 15) is 14.0 Å². The average Bonchev–Trinajstić information content (AvgIpc) is 2.70. The van der Waals surface area contributed by atoms with E-state index in [-0.39, 0.29) is 12.4 Å². The Balaban J connectivity index is 1.59. The number of amides is 1. The molecule has 0 aliphatic heterocycles. The van der Waals surface area contributed by atoms with E-state index < -0.39 is 11.7 Å². The Kier molecular flexibility index (Phi) is 6.29. The molecule has 0 radical (unpaired) electrons. The van der Waals surface area contributed by atoms with Gasteiger partial charge in [-0.05, 0) is 60.7 Å². The molecule has 0 aliphatic carbocycles. The highest BCUT2D eigenvalue weighted by molar-refractivity contribution is 6.39. The molecule has 3 aromatic rings. The van der Waals surface area contributed by atoms with Gasteiger partial charge in [-0.15, -0.1) is 0 Å². The maximum Gasteiger partial charge on any atom is 0.262 e. The first-order chi connectivity index (χ1) is 13.4. The van der Waals surface area contributed by atoms with E-state index in [1.807, 2.05) is 0 Å². The second-order valence-corrected chi connectivity index (χ2v) is 6.61. The fourth-order valence-corrected chi connectivity index (χ4v) is 2.90. The van der Waals surface area contributed by atoms with Gasteiger partial charge in [-0.1, -0.05) is 29.3 Å². The van der Waals surface area contributed by atoms with Crippen LogP contribution in [0.25, 0.3) is 0 Å². The third-order valence-corrected chi connectivity index (χ3v) is 4.45. The lowest BCUT2D eigenvalue weighted by Gasteiger charge is -2.10. The number of halogens is 3. The van der Waals surface area contributed by atoms with E-state index in [1.165, 1.54) is 24.3 Å². The lowest BCUT2D eigenvalue weighted by atomic mass is 10.0. The summed E-state index contributed by atoms with van der Waals surface area (Å²) in [5, 5.41) is 3.24. The van der Waals surface area contributed by atoms with Crippen molar-refractivity contribution >= 4 is 40.6 Å². The molecule has 0 heterocycles. The van der Waals surface area contributed by atoms with Crippen LogP contribution >= 0.6 is 23.2 Å². The number of benzene rings is 3. The largest absolute Gasteiger partial charge is 0.484 e. The Labute approximate surface area is 170 Å². The van der Waals surface area contributed by atoms with Crippen LogP contribution < -0.4 is 10.1 Å². The summed E-state index contributed by atoms with van der Waals surface area (Å²) in [5.74, 6) is -0.660. The van der Waals surface area contributed by atoms with Crippen molar-refractivity contribution in [2.75, 3.05) is 11.9 Å². The highest BCUT2D eigenvalue weighted by Crippen LogP contribution is 2.29. The Morgan fingerprint density at radius 1 is 0.857 bits per heavy atom. The molecule has 0 fully saturated rings. The van der Waals surface area contributed by atoms with Crippen molar-refractivity contribution in [1.29, 1.82) is 0 Å². The van der Waals surface area contributed by atoms with Gasteiger partial charge in [0.2, 0.25) is 0 Å². The highest BCUT2D eigenvalue weighted by atomic mass is 35.5. The molecule has 28 heavy (non-hydrogen) atoms. The molecule has 4 nitrogen and oxygen atoms in total. The van der Waals surface area contributed by atoms with Crippen molar-refractivity contribution in [3.05, 3.63) is 93.7 Å². The number of carbonyl (C=O) groups excluding carboxylic acids is 2.